The van der Waals surface area contributed by atoms with E-state index in [1.54, 1.807) is 7.05 Å². The Morgan fingerprint density at radius 1 is 1.40 bits per heavy atom. The summed E-state index contributed by atoms with van der Waals surface area (Å²) in [5.74, 6) is -0.750. The fraction of sp³-hybridized carbons (Fsp3) is 0.417. The van der Waals surface area contributed by atoms with Crippen LogP contribution >= 0.6 is 0 Å². The van der Waals surface area contributed by atoms with E-state index in [9.17, 15) is 9.90 Å². The van der Waals surface area contributed by atoms with E-state index in [4.69, 9.17) is 0 Å². The van der Waals surface area contributed by atoms with Crippen LogP contribution in [-0.4, -0.2) is 23.7 Å². The van der Waals surface area contributed by atoms with Crippen molar-refractivity contribution in [2.45, 2.75) is 24.8 Å². The predicted molar refractivity (Wildman–Crippen MR) is 57.9 cm³/mol. The number of likely N-dealkylation sites (N-methyl/N-ethyl adjacent to an activating group) is 1. The summed E-state index contributed by atoms with van der Waals surface area (Å²) in [6.07, 6.45) is 2.08. The van der Waals surface area contributed by atoms with Gasteiger partial charge in [-0.15, -0.1) is 0 Å². The van der Waals surface area contributed by atoms with E-state index in [0.29, 0.717) is 12.8 Å². The third-order valence-corrected chi connectivity index (χ3v) is 3.32. The van der Waals surface area contributed by atoms with Gasteiger partial charge in [-0.05, 0) is 31.0 Å². The third kappa shape index (κ3) is 1.63. The lowest BCUT2D eigenvalue weighted by molar-refractivity contribution is -0.145. The third-order valence-electron chi connectivity index (χ3n) is 3.32. The number of aliphatic carboxylic acids is 1. The molecule has 1 unspecified atom stereocenters. The Kier molecular flexibility index (Phi) is 2.49. The van der Waals surface area contributed by atoms with E-state index in [2.05, 4.69) is 11.4 Å². The highest BCUT2D eigenvalue weighted by atomic mass is 16.4. The molecule has 0 saturated heterocycles. The largest absolute Gasteiger partial charge is 0.480 e. The second-order valence-corrected chi connectivity index (χ2v) is 4.08. The van der Waals surface area contributed by atoms with Gasteiger partial charge in [0.15, 0.2) is 0 Å². The molecule has 80 valence electrons. The van der Waals surface area contributed by atoms with E-state index in [1.165, 1.54) is 5.56 Å². The zero-order valence-corrected chi connectivity index (χ0v) is 8.79. The van der Waals surface area contributed by atoms with Gasteiger partial charge in [0.05, 0.1) is 0 Å². The Balaban J connectivity index is 2.35. The zero-order valence-electron chi connectivity index (χ0n) is 8.79. The highest BCUT2D eigenvalue weighted by molar-refractivity contribution is 5.79. The Labute approximate surface area is 89.1 Å². The number of hydrogen-bond donors (Lipinski definition) is 2. The summed E-state index contributed by atoms with van der Waals surface area (Å²) in [4.78, 5) is 11.3. The fourth-order valence-corrected chi connectivity index (χ4v) is 2.24. The number of benzene rings is 1. The van der Waals surface area contributed by atoms with Gasteiger partial charge in [-0.25, -0.2) is 0 Å². The van der Waals surface area contributed by atoms with Crippen molar-refractivity contribution in [1.82, 2.24) is 5.32 Å². The van der Waals surface area contributed by atoms with Gasteiger partial charge in [0.1, 0.15) is 5.54 Å². The van der Waals surface area contributed by atoms with Gasteiger partial charge < -0.3 is 10.4 Å². The Morgan fingerprint density at radius 3 is 2.67 bits per heavy atom. The molecule has 0 aromatic heterocycles. The number of rotatable bonds is 2. The molecular formula is C12H15NO2. The molecule has 0 radical (unpaired) electrons. The van der Waals surface area contributed by atoms with Gasteiger partial charge in [0, 0.05) is 6.42 Å². The van der Waals surface area contributed by atoms with Crippen LogP contribution in [0, 0.1) is 0 Å². The van der Waals surface area contributed by atoms with Gasteiger partial charge >= 0.3 is 5.97 Å². The molecule has 0 amide bonds. The molecule has 0 heterocycles. The second-order valence-electron chi connectivity index (χ2n) is 4.08. The quantitative estimate of drug-likeness (QED) is 0.763. The van der Waals surface area contributed by atoms with Gasteiger partial charge in [-0.1, -0.05) is 24.3 Å². The van der Waals surface area contributed by atoms with E-state index >= 15 is 0 Å². The number of hydrogen-bond acceptors (Lipinski definition) is 2. The van der Waals surface area contributed by atoms with E-state index in [-0.39, 0.29) is 0 Å². The van der Waals surface area contributed by atoms with E-state index in [1.807, 2.05) is 18.2 Å². The Morgan fingerprint density at radius 2 is 2.07 bits per heavy atom. The Bertz CT molecular complexity index is 389. The number of carboxylic acid groups (broad SMARTS) is 1. The molecule has 1 aliphatic rings. The standard InChI is InChI=1S/C12H15NO2/c1-13-12(11(14)15)7-6-9-4-2-3-5-10(9)8-12/h2-5,13H,6-8H2,1H3,(H,14,15). The molecule has 2 rings (SSSR count). The lowest BCUT2D eigenvalue weighted by atomic mass is 9.78. The summed E-state index contributed by atoms with van der Waals surface area (Å²) < 4.78 is 0. The van der Waals surface area contributed by atoms with Crippen molar-refractivity contribution in [3.63, 3.8) is 0 Å². The summed E-state index contributed by atoms with van der Waals surface area (Å²) >= 11 is 0. The molecule has 3 nitrogen and oxygen atoms in total. The maximum absolute atomic E-state index is 11.3. The van der Waals surface area contributed by atoms with Crippen LogP contribution < -0.4 is 5.32 Å². The summed E-state index contributed by atoms with van der Waals surface area (Å²) in [7, 11) is 1.72. The molecule has 0 fully saturated rings. The van der Waals surface area contributed by atoms with Gasteiger partial charge in [0.2, 0.25) is 0 Å². The molecular weight excluding hydrogens is 190 g/mol. The molecule has 0 aliphatic heterocycles. The number of nitrogens with one attached hydrogen (secondary N) is 1. The normalized spacial score (nSPS) is 24.6. The zero-order chi connectivity index (χ0) is 10.9. The molecule has 1 aromatic rings. The van der Waals surface area contributed by atoms with Crippen LogP contribution in [0.4, 0.5) is 0 Å². The number of carbonyl (C=O) groups is 1. The highest BCUT2D eigenvalue weighted by Gasteiger charge is 2.39. The molecule has 0 spiro atoms. The van der Waals surface area contributed by atoms with Crippen molar-refractivity contribution in [2.24, 2.45) is 0 Å². The molecule has 1 aliphatic carbocycles. The molecule has 2 N–H and O–H groups in total. The van der Waals surface area contributed by atoms with Crippen molar-refractivity contribution in [3.8, 4) is 0 Å². The lowest BCUT2D eigenvalue weighted by Gasteiger charge is -2.34. The van der Waals surface area contributed by atoms with Crippen molar-refractivity contribution < 1.29 is 9.90 Å². The fourth-order valence-electron chi connectivity index (χ4n) is 2.24. The minimum atomic E-state index is -0.769. The van der Waals surface area contributed by atoms with Crippen LogP contribution in [0.1, 0.15) is 17.5 Å². The van der Waals surface area contributed by atoms with Crippen LogP contribution in [0.25, 0.3) is 0 Å². The summed E-state index contributed by atoms with van der Waals surface area (Å²) in [6, 6.07) is 8.07. The first-order valence-corrected chi connectivity index (χ1v) is 5.17. The maximum atomic E-state index is 11.3. The highest BCUT2D eigenvalue weighted by Crippen LogP contribution is 2.28. The molecule has 0 saturated carbocycles. The first-order chi connectivity index (χ1) is 7.18. The minimum absolute atomic E-state index is 0.578. The average molecular weight is 205 g/mol. The summed E-state index contributed by atoms with van der Waals surface area (Å²) in [6.45, 7) is 0. The van der Waals surface area contributed by atoms with E-state index < -0.39 is 11.5 Å². The first-order valence-electron chi connectivity index (χ1n) is 5.17. The average Bonchev–Trinajstić information content (AvgIpc) is 2.28. The topological polar surface area (TPSA) is 49.3 Å². The summed E-state index contributed by atoms with van der Waals surface area (Å²) in [5, 5.41) is 12.2. The Hall–Kier alpha value is -1.35. The van der Waals surface area contributed by atoms with E-state index in [0.717, 1.165) is 12.0 Å². The van der Waals surface area contributed by atoms with Crippen LogP contribution in [0.3, 0.4) is 0 Å². The number of fused-ring (bicyclic) bond motifs is 1. The lowest BCUT2D eigenvalue weighted by Crippen LogP contribution is -2.54. The van der Waals surface area contributed by atoms with Gasteiger partial charge in [-0.3, -0.25) is 4.79 Å². The van der Waals surface area contributed by atoms with Gasteiger partial charge in [-0.2, -0.15) is 0 Å². The van der Waals surface area contributed by atoms with Crippen LogP contribution in [-0.2, 0) is 17.6 Å². The maximum Gasteiger partial charge on any atom is 0.324 e. The molecule has 1 aromatic carbocycles. The molecule has 1 atom stereocenters. The smallest absolute Gasteiger partial charge is 0.324 e. The van der Waals surface area contributed by atoms with Crippen molar-refractivity contribution >= 4 is 5.97 Å². The van der Waals surface area contributed by atoms with Crippen LogP contribution in [0.5, 0.6) is 0 Å². The SMILES string of the molecule is CNC1(C(=O)O)CCc2ccccc2C1. The van der Waals surface area contributed by atoms with Crippen LogP contribution in [0.15, 0.2) is 24.3 Å². The van der Waals surface area contributed by atoms with Crippen LogP contribution in [0.2, 0.25) is 0 Å². The molecule has 15 heavy (non-hydrogen) atoms. The first kappa shape index (κ1) is 10.2. The summed E-state index contributed by atoms with van der Waals surface area (Å²) in [5.41, 5.74) is 1.67. The second kappa shape index (κ2) is 3.66. The molecule has 0 bridgehead atoms. The number of aryl methyl sites for hydroxylation is 1. The molecule has 3 heteroatoms. The van der Waals surface area contributed by atoms with Crippen molar-refractivity contribution in [2.75, 3.05) is 7.05 Å². The monoisotopic (exact) mass is 205 g/mol. The minimum Gasteiger partial charge on any atom is -0.480 e. The predicted octanol–water partition coefficient (Wildman–Crippen LogP) is 1.22. The van der Waals surface area contributed by atoms with Crippen molar-refractivity contribution in [3.05, 3.63) is 35.4 Å². The van der Waals surface area contributed by atoms with Gasteiger partial charge in [0.25, 0.3) is 0 Å². The van der Waals surface area contributed by atoms with Crippen molar-refractivity contribution in [1.29, 1.82) is 0 Å². The number of carboxylic acids is 1.